The van der Waals surface area contributed by atoms with Crippen molar-refractivity contribution in [3.63, 3.8) is 0 Å². The summed E-state index contributed by atoms with van der Waals surface area (Å²) in [5.74, 6) is 0. The third kappa shape index (κ3) is 1.82. The van der Waals surface area contributed by atoms with Crippen LogP contribution in [0.15, 0.2) is 72.9 Å². The molecule has 1 nitrogen and oxygen atoms in total. The van der Waals surface area contributed by atoms with Crippen LogP contribution < -0.4 is 5.30 Å². The van der Waals surface area contributed by atoms with E-state index in [4.69, 9.17) is 0 Å². The van der Waals surface area contributed by atoms with Gasteiger partial charge in [0, 0.05) is 14.9 Å². The number of rotatable bonds is 1. The molecule has 2 aromatic carbocycles. The lowest BCUT2D eigenvalue weighted by molar-refractivity contribution is 0.546. The SMILES string of the molecule is C1=CN2Pc3ccccc3C2C=C1c1ccccc1. The third-order valence-corrected chi connectivity index (χ3v) is 5.07. The van der Waals surface area contributed by atoms with Crippen molar-refractivity contribution in [2.45, 2.75) is 6.04 Å². The van der Waals surface area contributed by atoms with Crippen LogP contribution in [-0.2, 0) is 0 Å². The topological polar surface area (TPSA) is 3.24 Å². The molecule has 2 aromatic rings. The highest BCUT2D eigenvalue weighted by Gasteiger charge is 2.28. The number of benzene rings is 2. The van der Waals surface area contributed by atoms with E-state index in [-0.39, 0.29) is 0 Å². The number of fused-ring (bicyclic) bond motifs is 3. The molecule has 0 N–H and O–H groups in total. The summed E-state index contributed by atoms with van der Waals surface area (Å²) in [7, 11) is 0.759. The summed E-state index contributed by atoms with van der Waals surface area (Å²) in [4.78, 5) is 0. The van der Waals surface area contributed by atoms with E-state index in [1.54, 1.807) is 0 Å². The van der Waals surface area contributed by atoms with Crippen molar-refractivity contribution in [3.05, 3.63) is 84.1 Å². The Bertz CT molecular complexity index is 673. The Morgan fingerprint density at radius 3 is 2.58 bits per heavy atom. The van der Waals surface area contributed by atoms with Crippen molar-refractivity contribution in [2.75, 3.05) is 0 Å². The summed E-state index contributed by atoms with van der Waals surface area (Å²) in [6.45, 7) is 0. The van der Waals surface area contributed by atoms with Crippen molar-refractivity contribution >= 4 is 19.6 Å². The molecule has 92 valence electrons. The predicted molar refractivity (Wildman–Crippen MR) is 82.5 cm³/mol. The highest BCUT2D eigenvalue weighted by molar-refractivity contribution is 7.45. The maximum Gasteiger partial charge on any atom is 0.0773 e. The van der Waals surface area contributed by atoms with Gasteiger partial charge in [-0.25, -0.2) is 0 Å². The first-order chi connectivity index (χ1) is 9.42. The molecular formula is C17H14NP. The van der Waals surface area contributed by atoms with E-state index in [9.17, 15) is 0 Å². The van der Waals surface area contributed by atoms with E-state index < -0.39 is 0 Å². The van der Waals surface area contributed by atoms with Crippen molar-refractivity contribution in [1.82, 2.24) is 4.67 Å². The van der Waals surface area contributed by atoms with Crippen LogP contribution in [0, 0.1) is 0 Å². The van der Waals surface area contributed by atoms with Crippen molar-refractivity contribution in [3.8, 4) is 0 Å². The van der Waals surface area contributed by atoms with Gasteiger partial charge in [-0.05, 0) is 34.2 Å². The molecular weight excluding hydrogens is 249 g/mol. The Balaban J connectivity index is 1.77. The van der Waals surface area contributed by atoms with Crippen LogP contribution in [0.2, 0.25) is 0 Å². The average molecular weight is 263 g/mol. The summed E-state index contributed by atoms with van der Waals surface area (Å²) in [6.07, 6.45) is 6.85. The van der Waals surface area contributed by atoms with Crippen LogP contribution in [0.5, 0.6) is 0 Å². The Labute approximate surface area is 115 Å². The van der Waals surface area contributed by atoms with Gasteiger partial charge in [-0.1, -0.05) is 54.6 Å². The summed E-state index contributed by atoms with van der Waals surface area (Å²) >= 11 is 0. The van der Waals surface area contributed by atoms with Crippen LogP contribution >= 0.6 is 8.73 Å². The van der Waals surface area contributed by atoms with Gasteiger partial charge in [-0.15, -0.1) is 0 Å². The molecule has 4 rings (SSSR count). The molecule has 0 bridgehead atoms. The summed E-state index contributed by atoms with van der Waals surface area (Å²) < 4.78 is 2.43. The van der Waals surface area contributed by atoms with Gasteiger partial charge in [0.2, 0.25) is 0 Å². The first kappa shape index (κ1) is 11.0. The summed E-state index contributed by atoms with van der Waals surface area (Å²) in [5, 5.41) is 1.47. The Kier molecular flexibility index (Phi) is 2.53. The molecule has 19 heavy (non-hydrogen) atoms. The third-order valence-electron chi connectivity index (χ3n) is 3.69. The highest BCUT2D eigenvalue weighted by atomic mass is 31.1. The number of hydrogen-bond acceptors (Lipinski definition) is 1. The minimum absolute atomic E-state index is 0.412. The second-order valence-electron chi connectivity index (χ2n) is 4.85. The van der Waals surface area contributed by atoms with Gasteiger partial charge < -0.3 is 4.67 Å². The number of hydrogen-bond donors (Lipinski definition) is 0. The van der Waals surface area contributed by atoms with Gasteiger partial charge in [0.05, 0.1) is 6.04 Å². The quantitative estimate of drug-likeness (QED) is 0.706. The standard InChI is InChI=1S/C17H14NP/c1-2-6-13(7-3-1)14-10-11-18-16(12-14)15-8-4-5-9-17(15)19-18/h1-12,16,19H. The largest absolute Gasteiger partial charge is 0.344 e. The lowest BCUT2D eigenvalue weighted by Gasteiger charge is -2.25. The van der Waals surface area contributed by atoms with E-state index in [0.717, 1.165) is 8.73 Å². The van der Waals surface area contributed by atoms with E-state index >= 15 is 0 Å². The second-order valence-corrected chi connectivity index (χ2v) is 6.13. The van der Waals surface area contributed by atoms with Crippen molar-refractivity contribution < 1.29 is 0 Å². The Hall–Kier alpha value is -1.85. The smallest absolute Gasteiger partial charge is 0.0773 e. The average Bonchev–Trinajstić information content (AvgIpc) is 2.86. The van der Waals surface area contributed by atoms with Gasteiger partial charge in [0.15, 0.2) is 0 Å². The molecule has 0 amide bonds. The van der Waals surface area contributed by atoms with Crippen LogP contribution in [-0.4, -0.2) is 4.67 Å². The fourth-order valence-corrected chi connectivity index (χ4v) is 4.04. The fraction of sp³-hybridized carbons (Fsp3) is 0.0588. The maximum atomic E-state index is 2.43. The van der Waals surface area contributed by atoms with E-state index in [1.807, 2.05) is 0 Å². The lowest BCUT2D eigenvalue weighted by atomic mass is 9.97. The molecule has 0 spiro atoms. The van der Waals surface area contributed by atoms with Gasteiger partial charge in [0.25, 0.3) is 0 Å². The zero-order chi connectivity index (χ0) is 12.7. The van der Waals surface area contributed by atoms with Crippen molar-refractivity contribution in [2.24, 2.45) is 0 Å². The van der Waals surface area contributed by atoms with Gasteiger partial charge >= 0.3 is 0 Å². The van der Waals surface area contributed by atoms with E-state index in [2.05, 4.69) is 77.6 Å². The van der Waals surface area contributed by atoms with E-state index in [1.165, 1.54) is 22.0 Å². The zero-order valence-corrected chi connectivity index (χ0v) is 11.5. The Morgan fingerprint density at radius 2 is 1.68 bits per heavy atom. The molecule has 2 atom stereocenters. The predicted octanol–water partition coefficient (Wildman–Crippen LogP) is 3.87. The minimum Gasteiger partial charge on any atom is -0.344 e. The first-order valence-electron chi connectivity index (χ1n) is 6.51. The second kappa shape index (κ2) is 4.36. The Morgan fingerprint density at radius 1 is 0.895 bits per heavy atom. The van der Waals surface area contributed by atoms with E-state index in [0.29, 0.717) is 6.04 Å². The molecule has 0 saturated heterocycles. The van der Waals surface area contributed by atoms with Crippen LogP contribution in [0.4, 0.5) is 0 Å². The molecule has 2 unspecified atom stereocenters. The lowest BCUT2D eigenvalue weighted by Crippen LogP contribution is -2.11. The zero-order valence-electron chi connectivity index (χ0n) is 10.5. The maximum absolute atomic E-state index is 2.43. The van der Waals surface area contributed by atoms with Gasteiger partial charge in [0.1, 0.15) is 0 Å². The van der Waals surface area contributed by atoms with Gasteiger partial charge in [-0.2, -0.15) is 0 Å². The molecule has 0 fully saturated rings. The molecule has 0 aliphatic carbocycles. The van der Waals surface area contributed by atoms with Crippen LogP contribution in [0.1, 0.15) is 17.2 Å². The summed E-state index contributed by atoms with van der Waals surface area (Å²) in [6, 6.07) is 19.8. The number of nitrogens with zero attached hydrogens (tertiary/aromatic N) is 1. The molecule has 0 aromatic heterocycles. The minimum atomic E-state index is 0.412. The van der Waals surface area contributed by atoms with Crippen LogP contribution in [0.25, 0.3) is 5.57 Å². The fourth-order valence-electron chi connectivity index (χ4n) is 2.72. The number of allylic oxidation sites excluding steroid dienone is 2. The summed E-state index contributed by atoms with van der Waals surface area (Å²) in [5.41, 5.74) is 4.08. The van der Waals surface area contributed by atoms with Gasteiger partial charge in [-0.3, -0.25) is 0 Å². The normalized spacial score (nSPS) is 21.2. The molecule has 2 heteroatoms. The first-order valence-corrected chi connectivity index (χ1v) is 7.46. The monoisotopic (exact) mass is 263 g/mol. The molecule has 2 heterocycles. The highest BCUT2D eigenvalue weighted by Crippen LogP contribution is 2.44. The van der Waals surface area contributed by atoms with Crippen LogP contribution in [0.3, 0.4) is 0 Å². The van der Waals surface area contributed by atoms with Crippen molar-refractivity contribution in [1.29, 1.82) is 0 Å². The molecule has 0 radical (unpaired) electrons. The molecule has 2 aliphatic rings. The molecule has 0 saturated carbocycles. The molecule has 2 aliphatic heterocycles.